The fraction of sp³-hybridized carbons (Fsp3) is 0.381. The number of guanidine groups is 1. The van der Waals surface area contributed by atoms with Gasteiger partial charge >= 0.3 is 0 Å². The second-order valence-corrected chi connectivity index (χ2v) is 7.36. The van der Waals surface area contributed by atoms with Gasteiger partial charge in [-0.2, -0.15) is 5.10 Å². The van der Waals surface area contributed by atoms with Crippen LogP contribution in [0.2, 0.25) is 0 Å². The second-order valence-electron chi connectivity index (χ2n) is 7.36. The number of aryl methyl sites for hydroxylation is 2. The molecule has 1 unspecified atom stereocenters. The van der Waals surface area contributed by atoms with Crippen molar-refractivity contribution in [2.24, 2.45) is 12.0 Å². The SMILES string of the molecule is CCNC(=NCc1ccc(-n2ccnc2C)c(F)c1)NCC(C)(O)c1cnn(C)c1. The fourth-order valence-corrected chi connectivity index (χ4v) is 3.05. The van der Waals surface area contributed by atoms with Crippen molar-refractivity contribution in [3.05, 3.63) is 65.8 Å². The predicted octanol–water partition coefficient (Wildman–Crippen LogP) is 2.02. The number of aliphatic hydroxyl groups is 1. The highest BCUT2D eigenvalue weighted by Crippen LogP contribution is 2.19. The third-order valence-corrected chi connectivity index (χ3v) is 4.79. The van der Waals surface area contributed by atoms with Gasteiger partial charge in [-0.15, -0.1) is 0 Å². The molecule has 9 heteroatoms. The Bertz CT molecular complexity index is 1020. The predicted molar refractivity (Wildman–Crippen MR) is 114 cm³/mol. The van der Waals surface area contributed by atoms with Gasteiger partial charge in [0.1, 0.15) is 17.2 Å². The largest absolute Gasteiger partial charge is 0.383 e. The zero-order valence-corrected chi connectivity index (χ0v) is 17.7. The minimum atomic E-state index is -1.11. The molecule has 0 saturated carbocycles. The number of benzene rings is 1. The summed E-state index contributed by atoms with van der Waals surface area (Å²) < 4.78 is 17.9. The molecule has 0 saturated heterocycles. The summed E-state index contributed by atoms with van der Waals surface area (Å²) in [5, 5.41) is 21.1. The molecule has 3 N–H and O–H groups in total. The first-order chi connectivity index (χ1) is 14.3. The van der Waals surface area contributed by atoms with Gasteiger partial charge in [-0.05, 0) is 38.5 Å². The molecule has 0 bridgehead atoms. The number of aliphatic imine (C=N–C) groups is 1. The van der Waals surface area contributed by atoms with Crippen LogP contribution >= 0.6 is 0 Å². The molecule has 1 atom stereocenters. The highest BCUT2D eigenvalue weighted by atomic mass is 19.1. The minimum Gasteiger partial charge on any atom is -0.383 e. The monoisotopic (exact) mass is 413 g/mol. The van der Waals surface area contributed by atoms with Crippen LogP contribution in [-0.2, 0) is 19.2 Å². The van der Waals surface area contributed by atoms with Crippen LogP contribution in [-0.4, -0.2) is 43.5 Å². The van der Waals surface area contributed by atoms with E-state index in [-0.39, 0.29) is 12.4 Å². The van der Waals surface area contributed by atoms with Gasteiger partial charge in [0.25, 0.3) is 0 Å². The highest BCUT2D eigenvalue weighted by Gasteiger charge is 2.25. The van der Waals surface area contributed by atoms with Crippen LogP contribution in [0.1, 0.15) is 30.8 Å². The summed E-state index contributed by atoms with van der Waals surface area (Å²) in [6, 6.07) is 5.05. The Kier molecular flexibility index (Phi) is 6.51. The van der Waals surface area contributed by atoms with Crippen molar-refractivity contribution in [1.29, 1.82) is 0 Å². The normalized spacial score (nSPS) is 13.9. The molecule has 3 aromatic rings. The molecule has 2 heterocycles. The van der Waals surface area contributed by atoms with Crippen LogP contribution in [0.4, 0.5) is 4.39 Å². The van der Waals surface area contributed by atoms with Crippen molar-refractivity contribution in [3.8, 4) is 5.69 Å². The van der Waals surface area contributed by atoms with E-state index in [1.54, 1.807) is 54.1 Å². The van der Waals surface area contributed by atoms with Gasteiger partial charge in [0, 0.05) is 37.7 Å². The van der Waals surface area contributed by atoms with E-state index in [4.69, 9.17) is 0 Å². The van der Waals surface area contributed by atoms with Crippen LogP contribution < -0.4 is 10.6 Å². The molecule has 2 aromatic heterocycles. The molecule has 8 nitrogen and oxygen atoms in total. The van der Waals surface area contributed by atoms with Gasteiger partial charge in [0.15, 0.2) is 5.96 Å². The number of hydrogen-bond donors (Lipinski definition) is 3. The van der Waals surface area contributed by atoms with E-state index in [0.29, 0.717) is 30.3 Å². The van der Waals surface area contributed by atoms with Gasteiger partial charge in [0.2, 0.25) is 0 Å². The average molecular weight is 414 g/mol. The zero-order valence-electron chi connectivity index (χ0n) is 17.7. The molecule has 0 aliphatic rings. The van der Waals surface area contributed by atoms with E-state index in [1.165, 1.54) is 6.07 Å². The lowest BCUT2D eigenvalue weighted by molar-refractivity contribution is 0.0616. The average Bonchev–Trinajstić information content (AvgIpc) is 3.33. The first kappa shape index (κ1) is 21.5. The van der Waals surface area contributed by atoms with Gasteiger partial charge in [0.05, 0.1) is 25.0 Å². The van der Waals surface area contributed by atoms with Crippen molar-refractivity contribution in [2.45, 2.75) is 32.9 Å². The highest BCUT2D eigenvalue weighted by molar-refractivity contribution is 5.79. The van der Waals surface area contributed by atoms with E-state index in [2.05, 4.69) is 25.7 Å². The topological polar surface area (TPSA) is 92.3 Å². The molecule has 0 amide bonds. The summed E-state index contributed by atoms with van der Waals surface area (Å²) in [7, 11) is 1.80. The lowest BCUT2D eigenvalue weighted by Crippen LogP contribution is -2.44. The maximum Gasteiger partial charge on any atom is 0.191 e. The molecule has 0 spiro atoms. The Morgan fingerprint density at radius 2 is 2.13 bits per heavy atom. The first-order valence-corrected chi connectivity index (χ1v) is 9.82. The van der Waals surface area contributed by atoms with Crippen molar-refractivity contribution >= 4 is 5.96 Å². The number of hydrogen-bond acceptors (Lipinski definition) is 4. The first-order valence-electron chi connectivity index (χ1n) is 9.82. The molecular weight excluding hydrogens is 385 g/mol. The number of nitrogens with zero attached hydrogens (tertiary/aromatic N) is 5. The maximum absolute atomic E-state index is 14.6. The summed E-state index contributed by atoms with van der Waals surface area (Å²) >= 11 is 0. The summed E-state index contributed by atoms with van der Waals surface area (Å²) in [4.78, 5) is 8.65. The van der Waals surface area contributed by atoms with E-state index in [1.807, 2.05) is 19.9 Å². The summed E-state index contributed by atoms with van der Waals surface area (Å²) in [6.07, 6.45) is 6.78. The van der Waals surface area contributed by atoms with Crippen molar-refractivity contribution < 1.29 is 9.50 Å². The molecule has 0 fully saturated rings. The van der Waals surface area contributed by atoms with Crippen LogP contribution in [0.5, 0.6) is 0 Å². The third kappa shape index (κ3) is 5.04. The lowest BCUT2D eigenvalue weighted by atomic mass is 10.00. The van der Waals surface area contributed by atoms with Crippen molar-refractivity contribution in [2.75, 3.05) is 13.1 Å². The van der Waals surface area contributed by atoms with Gasteiger partial charge in [-0.25, -0.2) is 14.4 Å². The molecule has 30 heavy (non-hydrogen) atoms. The molecule has 3 rings (SSSR count). The fourth-order valence-electron chi connectivity index (χ4n) is 3.05. The van der Waals surface area contributed by atoms with Crippen molar-refractivity contribution in [1.82, 2.24) is 30.0 Å². The number of imidazole rings is 1. The quantitative estimate of drug-likeness (QED) is 0.407. The standard InChI is InChI=1S/C21H28FN7O/c1-5-23-20(26-14-21(3,30)17-12-27-28(4)13-17)25-11-16-6-7-19(18(22)10-16)29-9-8-24-15(29)2/h6-10,12-13,30H,5,11,14H2,1-4H3,(H2,23,25,26). The van der Waals surface area contributed by atoms with Crippen LogP contribution in [0.3, 0.4) is 0 Å². The van der Waals surface area contributed by atoms with Crippen LogP contribution in [0.15, 0.2) is 48.0 Å². The molecule has 0 aliphatic heterocycles. The second kappa shape index (κ2) is 9.08. The molecule has 160 valence electrons. The molecule has 0 radical (unpaired) electrons. The Balaban J connectivity index is 1.68. The van der Waals surface area contributed by atoms with Gasteiger partial charge < -0.3 is 20.3 Å². The van der Waals surface area contributed by atoms with E-state index >= 15 is 0 Å². The van der Waals surface area contributed by atoms with Gasteiger partial charge in [-0.3, -0.25) is 4.68 Å². The summed E-state index contributed by atoms with van der Waals surface area (Å²) in [5.41, 5.74) is 0.794. The number of aromatic nitrogens is 4. The zero-order chi connectivity index (χ0) is 21.7. The Morgan fingerprint density at radius 1 is 1.33 bits per heavy atom. The Morgan fingerprint density at radius 3 is 2.73 bits per heavy atom. The van der Waals surface area contributed by atoms with E-state index in [0.717, 1.165) is 11.4 Å². The minimum absolute atomic E-state index is 0.248. The molecule has 0 aliphatic carbocycles. The van der Waals surface area contributed by atoms with Crippen molar-refractivity contribution in [3.63, 3.8) is 0 Å². The van der Waals surface area contributed by atoms with Gasteiger partial charge in [-0.1, -0.05) is 6.07 Å². The summed E-state index contributed by atoms with van der Waals surface area (Å²) in [6.45, 7) is 6.70. The number of rotatable bonds is 7. The third-order valence-electron chi connectivity index (χ3n) is 4.79. The van der Waals surface area contributed by atoms with Crippen LogP contribution in [0, 0.1) is 12.7 Å². The number of nitrogens with one attached hydrogen (secondary N) is 2. The summed E-state index contributed by atoms with van der Waals surface area (Å²) in [5.74, 6) is 0.928. The van der Waals surface area contributed by atoms with Crippen LogP contribution in [0.25, 0.3) is 5.69 Å². The van der Waals surface area contributed by atoms with E-state index in [9.17, 15) is 9.50 Å². The number of halogens is 1. The lowest BCUT2D eigenvalue weighted by Gasteiger charge is -2.23. The maximum atomic E-state index is 14.6. The smallest absolute Gasteiger partial charge is 0.191 e. The Labute approximate surface area is 175 Å². The molecule has 1 aromatic carbocycles. The van der Waals surface area contributed by atoms with E-state index < -0.39 is 5.60 Å². The Hall–Kier alpha value is -3.20. The molecular formula is C21H28FN7O.